The summed E-state index contributed by atoms with van der Waals surface area (Å²) in [5.74, 6) is -0.838. The highest BCUT2D eigenvalue weighted by molar-refractivity contribution is 5.59. The molecule has 0 aliphatic carbocycles. The quantitative estimate of drug-likeness (QED) is 0.354. The van der Waals surface area contributed by atoms with E-state index in [1.807, 2.05) is 6.07 Å². The van der Waals surface area contributed by atoms with Crippen molar-refractivity contribution in [3.63, 3.8) is 0 Å². The maximum Gasteiger partial charge on any atom is 0.573 e. The molecule has 7 nitrogen and oxygen atoms in total. The van der Waals surface area contributed by atoms with E-state index in [9.17, 15) is 26.3 Å². The lowest BCUT2D eigenvalue weighted by molar-refractivity contribution is -0.274. The molecule has 0 N–H and O–H groups in total. The van der Waals surface area contributed by atoms with Gasteiger partial charge in [-0.15, -0.1) is 13.2 Å². The van der Waals surface area contributed by atoms with Gasteiger partial charge in [0.25, 0.3) is 5.89 Å². The minimum Gasteiger partial charge on any atom is -0.406 e. The van der Waals surface area contributed by atoms with Crippen molar-refractivity contribution < 1.29 is 35.6 Å². The number of aromatic nitrogens is 4. The maximum absolute atomic E-state index is 13.6. The Labute approximate surface area is 186 Å². The SMILES string of the molecule is N#Cc1ccc(Cn2nc(-c3nc(-c4ccc(OC(F)(F)F)cc4)no3)cc2C(F)(F)F)cc1. The van der Waals surface area contributed by atoms with E-state index in [-0.39, 0.29) is 29.5 Å². The van der Waals surface area contributed by atoms with E-state index in [0.717, 1.165) is 22.9 Å². The summed E-state index contributed by atoms with van der Waals surface area (Å²) in [6, 6.07) is 13.2. The topological polar surface area (TPSA) is 89.8 Å². The van der Waals surface area contributed by atoms with E-state index in [2.05, 4.69) is 20.0 Å². The summed E-state index contributed by atoms with van der Waals surface area (Å²) < 4.78 is 87.1. The van der Waals surface area contributed by atoms with Crippen LogP contribution in [0.15, 0.2) is 59.1 Å². The monoisotopic (exact) mass is 479 g/mol. The molecule has 0 radical (unpaired) electrons. The summed E-state index contributed by atoms with van der Waals surface area (Å²) in [7, 11) is 0. The van der Waals surface area contributed by atoms with E-state index in [1.165, 1.54) is 36.4 Å². The normalized spacial score (nSPS) is 11.9. The van der Waals surface area contributed by atoms with Gasteiger partial charge in [0.15, 0.2) is 5.69 Å². The standard InChI is InChI=1S/C21H11F6N5O2/c22-20(23,24)17-9-16(30-32(17)11-13-3-1-12(10-28)2-4-13)19-29-18(31-34-19)14-5-7-15(8-6-14)33-21(25,26)27/h1-9H,11H2. The van der Waals surface area contributed by atoms with Gasteiger partial charge < -0.3 is 9.26 Å². The first-order valence-corrected chi connectivity index (χ1v) is 9.36. The number of halogens is 6. The van der Waals surface area contributed by atoms with Gasteiger partial charge in [-0.3, -0.25) is 4.68 Å². The van der Waals surface area contributed by atoms with Gasteiger partial charge in [0.05, 0.1) is 18.2 Å². The van der Waals surface area contributed by atoms with Crippen LogP contribution >= 0.6 is 0 Å². The number of rotatable bonds is 5. The number of ether oxygens (including phenoxy) is 1. The van der Waals surface area contributed by atoms with Crippen LogP contribution in [-0.4, -0.2) is 26.3 Å². The molecular formula is C21H11F6N5O2. The maximum atomic E-state index is 13.6. The molecule has 0 bridgehead atoms. The van der Waals surface area contributed by atoms with Crippen LogP contribution in [0.4, 0.5) is 26.3 Å². The minimum absolute atomic E-state index is 0.0660. The Kier molecular flexibility index (Phi) is 5.74. The molecule has 0 saturated carbocycles. The van der Waals surface area contributed by atoms with Gasteiger partial charge >= 0.3 is 12.5 Å². The van der Waals surface area contributed by atoms with Crippen LogP contribution in [0.1, 0.15) is 16.8 Å². The number of benzene rings is 2. The van der Waals surface area contributed by atoms with Gasteiger partial charge in [0, 0.05) is 11.6 Å². The molecular weight excluding hydrogens is 468 g/mol. The molecule has 0 unspecified atom stereocenters. The van der Waals surface area contributed by atoms with Crippen molar-refractivity contribution >= 4 is 0 Å². The number of alkyl halides is 6. The van der Waals surface area contributed by atoms with Gasteiger partial charge in [-0.1, -0.05) is 17.3 Å². The Balaban J connectivity index is 1.60. The Morgan fingerprint density at radius 1 is 0.971 bits per heavy atom. The van der Waals surface area contributed by atoms with Crippen molar-refractivity contribution in [2.45, 2.75) is 19.1 Å². The fourth-order valence-electron chi connectivity index (χ4n) is 2.98. The highest BCUT2D eigenvalue weighted by Gasteiger charge is 2.37. The fourth-order valence-corrected chi connectivity index (χ4v) is 2.98. The number of nitrogens with zero attached hydrogens (tertiary/aromatic N) is 5. The first kappa shape index (κ1) is 22.8. The van der Waals surface area contributed by atoms with E-state index in [1.54, 1.807) is 0 Å². The molecule has 0 aliphatic heterocycles. The predicted molar refractivity (Wildman–Crippen MR) is 103 cm³/mol. The van der Waals surface area contributed by atoms with Crippen molar-refractivity contribution in [2.75, 3.05) is 0 Å². The molecule has 4 rings (SSSR count). The Hall–Kier alpha value is -4.34. The number of hydrogen-bond donors (Lipinski definition) is 0. The lowest BCUT2D eigenvalue weighted by Crippen LogP contribution is -2.16. The summed E-state index contributed by atoms with van der Waals surface area (Å²) in [4.78, 5) is 4.00. The molecule has 4 aromatic rings. The second-order valence-corrected chi connectivity index (χ2v) is 6.87. The predicted octanol–water partition coefficient (Wildman–Crippen LogP) is 5.44. The molecule has 0 amide bonds. The first-order chi connectivity index (χ1) is 16.0. The largest absolute Gasteiger partial charge is 0.573 e. The van der Waals surface area contributed by atoms with Crippen LogP contribution in [0, 0.1) is 11.3 Å². The third-order valence-corrected chi connectivity index (χ3v) is 4.48. The molecule has 0 spiro atoms. The first-order valence-electron chi connectivity index (χ1n) is 9.36. The van der Waals surface area contributed by atoms with Crippen LogP contribution in [0.25, 0.3) is 23.0 Å². The van der Waals surface area contributed by atoms with Crippen LogP contribution in [0.5, 0.6) is 5.75 Å². The van der Waals surface area contributed by atoms with Gasteiger partial charge in [0.2, 0.25) is 5.82 Å². The second kappa shape index (κ2) is 8.54. The molecule has 2 aromatic carbocycles. The summed E-state index contributed by atoms with van der Waals surface area (Å²) in [5.41, 5.74) is -0.210. The molecule has 0 fully saturated rings. The Morgan fingerprint density at radius 2 is 1.65 bits per heavy atom. The average molecular weight is 479 g/mol. The van der Waals surface area contributed by atoms with Crippen molar-refractivity contribution in [3.8, 4) is 34.8 Å². The number of nitriles is 1. The van der Waals surface area contributed by atoms with Crippen LogP contribution in [0.2, 0.25) is 0 Å². The summed E-state index contributed by atoms with van der Waals surface area (Å²) in [6.07, 6.45) is -9.58. The van der Waals surface area contributed by atoms with Crippen LogP contribution in [-0.2, 0) is 12.7 Å². The molecule has 34 heavy (non-hydrogen) atoms. The van der Waals surface area contributed by atoms with E-state index in [4.69, 9.17) is 9.78 Å². The van der Waals surface area contributed by atoms with Crippen molar-refractivity contribution in [1.82, 2.24) is 19.9 Å². The lowest BCUT2D eigenvalue weighted by Gasteiger charge is -2.10. The van der Waals surface area contributed by atoms with Crippen molar-refractivity contribution in [2.24, 2.45) is 0 Å². The van der Waals surface area contributed by atoms with Crippen molar-refractivity contribution in [1.29, 1.82) is 5.26 Å². The van der Waals surface area contributed by atoms with Gasteiger partial charge in [-0.05, 0) is 42.0 Å². The van der Waals surface area contributed by atoms with E-state index in [0.29, 0.717) is 11.1 Å². The van der Waals surface area contributed by atoms with E-state index >= 15 is 0 Å². The minimum atomic E-state index is -4.85. The number of hydrogen-bond acceptors (Lipinski definition) is 6. The van der Waals surface area contributed by atoms with Crippen LogP contribution in [0.3, 0.4) is 0 Å². The zero-order chi connectivity index (χ0) is 24.5. The van der Waals surface area contributed by atoms with Crippen molar-refractivity contribution in [3.05, 3.63) is 71.4 Å². The summed E-state index contributed by atoms with van der Waals surface area (Å²) in [6.45, 7) is -0.234. The molecule has 174 valence electrons. The second-order valence-electron chi connectivity index (χ2n) is 6.87. The highest BCUT2D eigenvalue weighted by atomic mass is 19.4. The van der Waals surface area contributed by atoms with E-state index < -0.39 is 24.0 Å². The summed E-state index contributed by atoms with van der Waals surface area (Å²) >= 11 is 0. The molecule has 0 aliphatic rings. The highest BCUT2D eigenvalue weighted by Crippen LogP contribution is 2.33. The third-order valence-electron chi connectivity index (χ3n) is 4.48. The van der Waals surface area contributed by atoms with Crippen LogP contribution < -0.4 is 4.74 Å². The Bertz CT molecular complexity index is 1330. The zero-order valence-electron chi connectivity index (χ0n) is 16.7. The fraction of sp³-hybridized carbons (Fsp3) is 0.143. The Morgan fingerprint density at radius 3 is 2.24 bits per heavy atom. The third kappa shape index (κ3) is 5.17. The molecule has 0 atom stereocenters. The zero-order valence-corrected chi connectivity index (χ0v) is 16.7. The molecule has 0 saturated heterocycles. The molecule has 13 heteroatoms. The molecule has 2 aromatic heterocycles. The van der Waals surface area contributed by atoms with Gasteiger partial charge in [-0.25, -0.2) is 0 Å². The summed E-state index contributed by atoms with van der Waals surface area (Å²) in [5, 5.41) is 16.4. The smallest absolute Gasteiger partial charge is 0.406 e. The van der Waals surface area contributed by atoms with Gasteiger partial charge in [-0.2, -0.15) is 28.5 Å². The lowest BCUT2D eigenvalue weighted by atomic mass is 10.1. The van der Waals surface area contributed by atoms with Gasteiger partial charge in [0.1, 0.15) is 11.4 Å². The average Bonchev–Trinajstić information content (AvgIpc) is 3.41. The molecule has 2 heterocycles.